The predicted molar refractivity (Wildman–Crippen MR) is 59.7 cm³/mol. The summed E-state index contributed by atoms with van der Waals surface area (Å²) in [4.78, 5) is 24.0. The second-order valence-corrected chi connectivity index (χ2v) is 4.20. The Kier molecular flexibility index (Phi) is 5.25. The lowest BCUT2D eigenvalue weighted by atomic mass is 10.2. The monoisotopic (exact) mass is 228 g/mol. The highest BCUT2D eigenvalue weighted by atomic mass is 16.5. The number of esters is 1. The van der Waals surface area contributed by atoms with E-state index in [1.165, 1.54) is 20.0 Å². The molecule has 0 spiro atoms. The van der Waals surface area contributed by atoms with Gasteiger partial charge in [0.1, 0.15) is 0 Å². The molecule has 0 unspecified atom stereocenters. The number of amides is 1. The van der Waals surface area contributed by atoms with Crippen LogP contribution < -0.4 is 5.73 Å². The van der Waals surface area contributed by atoms with Gasteiger partial charge in [-0.3, -0.25) is 14.5 Å². The number of hydrogen-bond donors (Lipinski definition) is 1. The van der Waals surface area contributed by atoms with E-state index in [-0.39, 0.29) is 18.4 Å². The van der Waals surface area contributed by atoms with E-state index in [1.54, 1.807) is 0 Å². The maximum Gasteiger partial charge on any atom is 0.306 e. The van der Waals surface area contributed by atoms with E-state index in [0.717, 1.165) is 12.8 Å². The molecule has 0 aromatic heterocycles. The van der Waals surface area contributed by atoms with Crippen LogP contribution in [-0.4, -0.2) is 43.0 Å². The molecular formula is C11H20N2O3. The second-order valence-electron chi connectivity index (χ2n) is 4.20. The summed E-state index contributed by atoms with van der Waals surface area (Å²) in [5.74, 6) is -0.579. The number of nitrogens with two attached hydrogens (primary N) is 1. The van der Waals surface area contributed by atoms with Crippen molar-refractivity contribution in [2.24, 2.45) is 5.73 Å². The highest BCUT2D eigenvalue weighted by Gasteiger charge is 2.24. The molecule has 5 nitrogen and oxygen atoms in total. The lowest BCUT2D eigenvalue weighted by Crippen LogP contribution is -2.41. The molecule has 0 aromatic carbocycles. The van der Waals surface area contributed by atoms with Crippen LogP contribution in [0, 0.1) is 0 Å². The second kappa shape index (κ2) is 6.48. The number of rotatable bonds is 6. The summed E-state index contributed by atoms with van der Waals surface area (Å²) in [6.45, 7) is 0.794. The first-order valence-electron chi connectivity index (χ1n) is 5.72. The Morgan fingerprint density at radius 3 is 2.50 bits per heavy atom. The molecule has 1 amide bonds. The Labute approximate surface area is 95.9 Å². The Bertz CT molecular complexity index is 250. The molecule has 92 valence electrons. The normalized spacial score (nSPS) is 16.6. The minimum absolute atomic E-state index is 0.238. The molecule has 0 heterocycles. The summed E-state index contributed by atoms with van der Waals surface area (Å²) in [5, 5.41) is 0. The van der Waals surface area contributed by atoms with Crippen LogP contribution in [0.25, 0.3) is 0 Å². The van der Waals surface area contributed by atoms with Crippen LogP contribution in [0.5, 0.6) is 0 Å². The van der Waals surface area contributed by atoms with E-state index in [1.807, 2.05) is 4.90 Å². The quantitative estimate of drug-likeness (QED) is 0.663. The van der Waals surface area contributed by atoms with E-state index in [9.17, 15) is 9.59 Å². The van der Waals surface area contributed by atoms with Crippen molar-refractivity contribution >= 4 is 11.9 Å². The smallest absolute Gasteiger partial charge is 0.306 e. The lowest BCUT2D eigenvalue weighted by molar-refractivity contribution is -0.141. The fraction of sp³-hybridized carbons (Fsp3) is 0.818. The summed E-state index contributed by atoms with van der Waals surface area (Å²) >= 11 is 0. The SMILES string of the molecule is COC(=O)CCN(CC(N)=O)C1CCCC1. The van der Waals surface area contributed by atoms with E-state index in [4.69, 9.17) is 5.73 Å². The summed E-state index contributed by atoms with van der Waals surface area (Å²) < 4.78 is 4.59. The van der Waals surface area contributed by atoms with Crippen LogP contribution in [0.3, 0.4) is 0 Å². The Morgan fingerprint density at radius 2 is 2.00 bits per heavy atom. The first-order valence-corrected chi connectivity index (χ1v) is 5.72. The van der Waals surface area contributed by atoms with Crippen molar-refractivity contribution < 1.29 is 14.3 Å². The fourth-order valence-corrected chi connectivity index (χ4v) is 2.20. The molecule has 0 aromatic rings. The zero-order valence-corrected chi connectivity index (χ0v) is 9.78. The number of primary amides is 1. The third-order valence-corrected chi connectivity index (χ3v) is 3.03. The van der Waals surface area contributed by atoms with E-state index >= 15 is 0 Å². The van der Waals surface area contributed by atoms with Crippen molar-refractivity contribution in [1.29, 1.82) is 0 Å². The standard InChI is InChI=1S/C11H20N2O3/c1-16-11(15)6-7-13(8-10(12)14)9-4-2-3-5-9/h9H,2-8H2,1H3,(H2,12,14). The van der Waals surface area contributed by atoms with Crippen molar-refractivity contribution in [3.63, 3.8) is 0 Å². The topological polar surface area (TPSA) is 72.6 Å². The molecule has 0 saturated heterocycles. The summed E-state index contributed by atoms with van der Waals surface area (Å²) in [6, 6.07) is 0.400. The van der Waals surface area contributed by atoms with Gasteiger partial charge >= 0.3 is 5.97 Å². The average molecular weight is 228 g/mol. The van der Waals surface area contributed by atoms with Crippen LogP contribution in [0.2, 0.25) is 0 Å². The van der Waals surface area contributed by atoms with Gasteiger partial charge in [0.05, 0.1) is 20.1 Å². The van der Waals surface area contributed by atoms with Gasteiger partial charge in [0.2, 0.25) is 5.91 Å². The first-order chi connectivity index (χ1) is 7.63. The average Bonchev–Trinajstić information content (AvgIpc) is 2.76. The molecule has 1 saturated carbocycles. The van der Waals surface area contributed by atoms with Crippen molar-refractivity contribution in [3.8, 4) is 0 Å². The molecular weight excluding hydrogens is 208 g/mol. The van der Waals surface area contributed by atoms with Gasteiger partial charge in [-0.05, 0) is 12.8 Å². The van der Waals surface area contributed by atoms with Gasteiger partial charge in [-0.25, -0.2) is 0 Å². The van der Waals surface area contributed by atoms with E-state index in [0.29, 0.717) is 19.0 Å². The number of carbonyl (C=O) groups excluding carboxylic acids is 2. The molecule has 0 atom stereocenters. The van der Waals surface area contributed by atoms with E-state index < -0.39 is 0 Å². The maximum atomic E-state index is 11.1. The molecule has 1 aliphatic rings. The summed E-state index contributed by atoms with van der Waals surface area (Å²) in [6.07, 6.45) is 4.89. The zero-order valence-electron chi connectivity index (χ0n) is 9.78. The van der Waals surface area contributed by atoms with Crippen molar-refractivity contribution in [1.82, 2.24) is 4.90 Å². The van der Waals surface area contributed by atoms with Gasteiger partial charge in [0.25, 0.3) is 0 Å². The molecule has 1 aliphatic carbocycles. The minimum Gasteiger partial charge on any atom is -0.469 e. The highest BCUT2D eigenvalue weighted by molar-refractivity contribution is 5.76. The van der Waals surface area contributed by atoms with Gasteiger partial charge in [0.15, 0.2) is 0 Å². The highest BCUT2D eigenvalue weighted by Crippen LogP contribution is 2.23. The summed E-state index contributed by atoms with van der Waals surface area (Å²) in [5.41, 5.74) is 5.20. The first kappa shape index (κ1) is 13.0. The number of carbonyl (C=O) groups is 2. The van der Waals surface area contributed by atoms with Crippen LogP contribution in [0.1, 0.15) is 32.1 Å². The molecule has 0 bridgehead atoms. The number of hydrogen-bond acceptors (Lipinski definition) is 4. The van der Waals surface area contributed by atoms with Gasteiger partial charge < -0.3 is 10.5 Å². The predicted octanol–water partition coefficient (Wildman–Crippen LogP) is 0.279. The van der Waals surface area contributed by atoms with Crippen LogP contribution in [-0.2, 0) is 14.3 Å². The van der Waals surface area contributed by atoms with Crippen LogP contribution in [0.15, 0.2) is 0 Å². The van der Waals surface area contributed by atoms with Crippen molar-refractivity contribution in [2.75, 3.05) is 20.2 Å². The molecule has 16 heavy (non-hydrogen) atoms. The lowest BCUT2D eigenvalue weighted by Gasteiger charge is -2.26. The Hall–Kier alpha value is -1.10. The minimum atomic E-state index is -0.336. The fourth-order valence-electron chi connectivity index (χ4n) is 2.20. The van der Waals surface area contributed by atoms with Gasteiger partial charge in [0, 0.05) is 12.6 Å². The maximum absolute atomic E-state index is 11.1. The Balaban J connectivity index is 2.42. The molecule has 1 fully saturated rings. The van der Waals surface area contributed by atoms with Gasteiger partial charge in [-0.1, -0.05) is 12.8 Å². The van der Waals surface area contributed by atoms with Crippen LogP contribution >= 0.6 is 0 Å². The Morgan fingerprint density at radius 1 is 1.38 bits per heavy atom. The van der Waals surface area contributed by atoms with E-state index in [2.05, 4.69) is 4.74 Å². The largest absolute Gasteiger partial charge is 0.469 e. The molecule has 0 aliphatic heterocycles. The number of methoxy groups -OCH3 is 1. The van der Waals surface area contributed by atoms with Crippen LogP contribution in [0.4, 0.5) is 0 Å². The van der Waals surface area contributed by atoms with Crippen molar-refractivity contribution in [3.05, 3.63) is 0 Å². The number of nitrogens with zero attached hydrogens (tertiary/aromatic N) is 1. The van der Waals surface area contributed by atoms with Crippen molar-refractivity contribution in [2.45, 2.75) is 38.1 Å². The number of ether oxygens (including phenoxy) is 1. The summed E-state index contributed by atoms with van der Waals surface area (Å²) in [7, 11) is 1.37. The van der Waals surface area contributed by atoms with Gasteiger partial charge in [-0.15, -0.1) is 0 Å². The molecule has 1 rings (SSSR count). The van der Waals surface area contributed by atoms with Gasteiger partial charge in [-0.2, -0.15) is 0 Å². The molecule has 5 heteroatoms. The zero-order chi connectivity index (χ0) is 12.0. The third-order valence-electron chi connectivity index (χ3n) is 3.03. The third kappa shape index (κ3) is 4.18. The molecule has 0 radical (unpaired) electrons. The molecule has 2 N–H and O–H groups in total.